The Kier molecular flexibility index (Phi) is 3.85. The van der Waals surface area contributed by atoms with Crippen LogP contribution in [0.1, 0.15) is 71.6 Å². The van der Waals surface area contributed by atoms with E-state index in [-0.39, 0.29) is 11.4 Å². The van der Waals surface area contributed by atoms with Gasteiger partial charge in [0.05, 0.1) is 0 Å². The molecule has 0 atom stereocenters. The van der Waals surface area contributed by atoms with Gasteiger partial charge in [-0.1, -0.05) is 26.3 Å². The molecule has 128 valence electrons. The fraction of sp³-hybridized carbons (Fsp3) is 0.857. The molecule has 5 fully saturated rings. The highest BCUT2D eigenvalue weighted by Crippen LogP contribution is 2.62. The average molecular weight is 316 g/mol. The summed E-state index contributed by atoms with van der Waals surface area (Å²) in [5.74, 6) is 5.08. The first-order valence-corrected chi connectivity index (χ1v) is 9.97. The molecule has 0 spiro atoms. The lowest BCUT2D eigenvalue weighted by atomic mass is 9.44. The second-order valence-corrected chi connectivity index (χ2v) is 9.43. The largest absolute Gasteiger partial charge is 0.346 e. The van der Waals surface area contributed by atoms with E-state index in [9.17, 15) is 4.79 Å². The van der Waals surface area contributed by atoms with Crippen molar-refractivity contribution in [3.63, 3.8) is 0 Å². The number of carbonyl (C=O) groups is 1. The predicted octanol–water partition coefficient (Wildman–Crippen LogP) is 4.70. The van der Waals surface area contributed by atoms with E-state index in [4.69, 9.17) is 0 Å². The summed E-state index contributed by atoms with van der Waals surface area (Å²) in [6.45, 7) is 8.17. The Morgan fingerprint density at radius 1 is 0.913 bits per heavy atom. The average Bonchev–Trinajstić information content (AvgIpc) is 2.51. The fourth-order valence-corrected chi connectivity index (χ4v) is 6.98. The maximum atomic E-state index is 12.6. The lowest BCUT2D eigenvalue weighted by Crippen LogP contribution is -2.69. The van der Waals surface area contributed by atoms with E-state index in [1.165, 1.54) is 57.8 Å². The first kappa shape index (κ1) is 15.7. The van der Waals surface area contributed by atoms with Crippen molar-refractivity contribution in [2.45, 2.75) is 77.2 Å². The van der Waals surface area contributed by atoms with Crippen LogP contribution < -0.4 is 5.32 Å². The van der Waals surface area contributed by atoms with E-state index in [1.807, 2.05) is 6.92 Å². The van der Waals surface area contributed by atoms with Crippen molar-refractivity contribution in [2.24, 2.45) is 35.5 Å². The van der Waals surface area contributed by atoms with Crippen LogP contribution >= 0.6 is 0 Å². The molecule has 0 aromatic heterocycles. The third-order valence-corrected chi connectivity index (χ3v) is 7.90. The minimum absolute atomic E-state index is 0.101. The van der Waals surface area contributed by atoms with E-state index in [1.54, 1.807) is 0 Å². The van der Waals surface area contributed by atoms with Gasteiger partial charge in [-0.2, -0.15) is 0 Å². The number of hydrogen-bond acceptors (Lipinski definition) is 1. The summed E-state index contributed by atoms with van der Waals surface area (Å²) in [5, 5.41) is 3.62. The topological polar surface area (TPSA) is 29.1 Å². The summed E-state index contributed by atoms with van der Waals surface area (Å²) in [7, 11) is 0. The van der Waals surface area contributed by atoms with Gasteiger partial charge in [-0.05, 0) is 87.4 Å². The standard InChI is InChI=1S/C21H33NO/c1-13(2)20(23)22-21(17-6-4-14(3)5-7-17)18-9-15-8-16(11-18)12-19(21)10-15/h14-19H,1,4-12H2,2-3H3,(H,22,23). The summed E-state index contributed by atoms with van der Waals surface area (Å²) < 4.78 is 0. The summed E-state index contributed by atoms with van der Waals surface area (Å²) >= 11 is 0. The smallest absolute Gasteiger partial charge is 0.246 e. The second-order valence-electron chi connectivity index (χ2n) is 9.43. The summed E-state index contributed by atoms with van der Waals surface area (Å²) in [6.07, 6.45) is 12.3. The Labute approximate surface area is 141 Å². The molecule has 0 heterocycles. The molecule has 23 heavy (non-hydrogen) atoms. The summed E-state index contributed by atoms with van der Waals surface area (Å²) in [6, 6.07) is 0. The highest BCUT2D eigenvalue weighted by molar-refractivity contribution is 5.92. The minimum atomic E-state index is 0.101. The molecule has 0 aliphatic heterocycles. The minimum Gasteiger partial charge on any atom is -0.346 e. The third-order valence-electron chi connectivity index (χ3n) is 7.90. The van der Waals surface area contributed by atoms with Gasteiger partial charge in [0.1, 0.15) is 0 Å². The molecule has 0 radical (unpaired) electrons. The van der Waals surface area contributed by atoms with Crippen molar-refractivity contribution in [2.75, 3.05) is 0 Å². The molecule has 1 amide bonds. The molecule has 5 saturated carbocycles. The van der Waals surface area contributed by atoms with Gasteiger partial charge in [0.15, 0.2) is 0 Å². The number of hydrogen-bond donors (Lipinski definition) is 1. The maximum Gasteiger partial charge on any atom is 0.246 e. The van der Waals surface area contributed by atoms with Crippen LogP contribution in [0.5, 0.6) is 0 Å². The first-order chi connectivity index (χ1) is 11.0. The number of nitrogens with one attached hydrogen (secondary N) is 1. The number of carbonyl (C=O) groups excluding carboxylic acids is 1. The van der Waals surface area contributed by atoms with E-state index in [2.05, 4.69) is 18.8 Å². The number of amides is 1. The highest BCUT2D eigenvalue weighted by atomic mass is 16.1. The zero-order valence-corrected chi connectivity index (χ0v) is 14.9. The van der Waals surface area contributed by atoms with Crippen molar-refractivity contribution in [3.05, 3.63) is 12.2 Å². The molecule has 2 nitrogen and oxygen atoms in total. The van der Waals surface area contributed by atoms with Gasteiger partial charge in [-0.15, -0.1) is 0 Å². The molecule has 5 aliphatic carbocycles. The molecule has 5 aliphatic rings. The molecule has 0 aromatic carbocycles. The van der Waals surface area contributed by atoms with Crippen LogP contribution in [0.25, 0.3) is 0 Å². The summed E-state index contributed by atoms with van der Waals surface area (Å²) in [4.78, 5) is 12.6. The Balaban J connectivity index is 1.66. The van der Waals surface area contributed by atoms with Crippen LogP contribution in [0.4, 0.5) is 0 Å². The molecule has 0 saturated heterocycles. The van der Waals surface area contributed by atoms with Gasteiger partial charge in [-0.25, -0.2) is 0 Å². The van der Waals surface area contributed by atoms with Gasteiger partial charge >= 0.3 is 0 Å². The van der Waals surface area contributed by atoms with Gasteiger partial charge in [0.2, 0.25) is 5.91 Å². The fourth-order valence-electron chi connectivity index (χ4n) is 6.98. The summed E-state index contributed by atoms with van der Waals surface area (Å²) in [5.41, 5.74) is 0.784. The second kappa shape index (κ2) is 5.63. The highest BCUT2D eigenvalue weighted by Gasteiger charge is 2.60. The Morgan fingerprint density at radius 2 is 1.43 bits per heavy atom. The normalized spacial score (nSPS) is 48.3. The molecule has 0 unspecified atom stereocenters. The first-order valence-electron chi connectivity index (χ1n) is 9.97. The van der Waals surface area contributed by atoms with E-state index in [0.717, 1.165) is 29.6 Å². The van der Waals surface area contributed by atoms with Crippen LogP contribution in [0.15, 0.2) is 12.2 Å². The van der Waals surface area contributed by atoms with Crippen molar-refractivity contribution < 1.29 is 4.79 Å². The van der Waals surface area contributed by atoms with Crippen molar-refractivity contribution in [1.29, 1.82) is 0 Å². The lowest BCUT2D eigenvalue weighted by molar-refractivity contribution is -0.138. The van der Waals surface area contributed by atoms with Gasteiger partial charge in [-0.3, -0.25) is 4.79 Å². The SMILES string of the molecule is C=C(C)C(=O)NC1(C2CCC(C)CC2)C2CC3CC(C2)CC1C3. The van der Waals surface area contributed by atoms with Gasteiger partial charge < -0.3 is 5.32 Å². The Hall–Kier alpha value is -0.790. The van der Waals surface area contributed by atoms with Crippen LogP contribution in [0.3, 0.4) is 0 Å². The Bertz CT molecular complexity index is 472. The molecule has 1 N–H and O–H groups in total. The van der Waals surface area contributed by atoms with Crippen LogP contribution in [0.2, 0.25) is 0 Å². The predicted molar refractivity (Wildman–Crippen MR) is 93.9 cm³/mol. The third kappa shape index (κ3) is 2.48. The molecule has 5 rings (SSSR count). The van der Waals surface area contributed by atoms with Crippen LogP contribution in [0, 0.1) is 35.5 Å². The van der Waals surface area contributed by atoms with E-state index in [0.29, 0.717) is 11.5 Å². The maximum absolute atomic E-state index is 12.6. The molecule has 0 aromatic rings. The van der Waals surface area contributed by atoms with Gasteiger partial charge in [0, 0.05) is 11.1 Å². The van der Waals surface area contributed by atoms with Crippen molar-refractivity contribution in [1.82, 2.24) is 5.32 Å². The van der Waals surface area contributed by atoms with E-state index < -0.39 is 0 Å². The molecular weight excluding hydrogens is 282 g/mol. The molecular formula is C21H33NO. The van der Waals surface area contributed by atoms with E-state index >= 15 is 0 Å². The quantitative estimate of drug-likeness (QED) is 0.751. The van der Waals surface area contributed by atoms with Gasteiger partial charge in [0.25, 0.3) is 0 Å². The lowest BCUT2D eigenvalue weighted by Gasteiger charge is -2.64. The Morgan fingerprint density at radius 3 is 1.91 bits per heavy atom. The van der Waals surface area contributed by atoms with Crippen LogP contribution in [-0.4, -0.2) is 11.4 Å². The zero-order chi connectivity index (χ0) is 16.2. The van der Waals surface area contributed by atoms with Crippen LogP contribution in [-0.2, 0) is 4.79 Å². The monoisotopic (exact) mass is 315 g/mol. The molecule has 2 heteroatoms. The van der Waals surface area contributed by atoms with Crippen molar-refractivity contribution >= 4 is 5.91 Å². The molecule has 4 bridgehead atoms. The van der Waals surface area contributed by atoms with Crippen molar-refractivity contribution in [3.8, 4) is 0 Å². The zero-order valence-electron chi connectivity index (χ0n) is 14.9. The number of rotatable bonds is 3.